The minimum absolute atomic E-state index is 0.0563. The average molecular weight is 291 g/mol. The molecule has 112 valence electrons. The van der Waals surface area contributed by atoms with Crippen LogP contribution in [0, 0.1) is 5.82 Å². The summed E-state index contributed by atoms with van der Waals surface area (Å²) < 4.78 is 14.3. The van der Waals surface area contributed by atoms with Gasteiger partial charge in [0, 0.05) is 12.0 Å². The zero-order valence-corrected chi connectivity index (χ0v) is 12.3. The number of carbonyl (C=O) groups is 1. The summed E-state index contributed by atoms with van der Waals surface area (Å²) in [5.41, 5.74) is 0.596. The number of amides is 1. The van der Waals surface area contributed by atoms with E-state index >= 15 is 0 Å². The molecule has 1 heterocycles. The fourth-order valence-corrected chi connectivity index (χ4v) is 1.84. The van der Waals surface area contributed by atoms with Crippen LogP contribution in [0.4, 0.5) is 4.39 Å². The number of halogens is 1. The van der Waals surface area contributed by atoms with Crippen LogP contribution in [0.5, 0.6) is 0 Å². The van der Waals surface area contributed by atoms with Crippen LogP contribution in [-0.2, 0) is 23.3 Å². The van der Waals surface area contributed by atoms with Crippen LogP contribution < -0.4 is 5.32 Å². The van der Waals surface area contributed by atoms with Gasteiger partial charge in [-0.25, -0.2) is 9.07 Å². The van der Waals surface area contributed by atoms with E-state index in [1.165, 1.54) is 16.8 Å². The number of aromatic nitrogens is 4. The smallest absolute Gasteiger partial charge is 0.242 e. The van der Waals surface area contributed by atoms with Crippen molar-refractivity contribution < 1.29 is 9.18 Å². The van der Waals surface area contributed by atoms with Crippen molar-refractivity contribution in [3.05, 3.63) is 41.5 Å². The van der Waals surface area contributed by atoms with Gasteiger partial charge in [0.2, 0.25) is 5.91 Å². The van der Waals surface area contributed by atoms with Crippen LogP contribution in [0.1, 0.15) is 32.2 Å². The van der Waals surface area contributed by atoms with Crippen molar-refractivity contribution in [1.82, 2.24) is 25.5 Å². The monoisotopic (exact) mass is 291 g/mol. The molecule has 1 N–H and O–H groups in total. The lowest BCUT2D eigenvalue weighted by Gasteiger charge is -2.16. The molecule has 0 aliphatic carbocycles. The summed E-state index contributed by atoms with van der Waals surface area (Å²) in [4.78, 5) is 11.9. The fourth-order valence-electron chi connectivity index (χ4n) is 1.84. The topological polar surface area (TPSA) is 72.7 Å². The van der Waals surface area contributed by atoms with Crippen LogP contribution in [0.3, 0.4) is 0 Å². The van der Waals surface area contributed by atoms with Gasteiger partial charge in [0.1, 0.15) is 12.4 Å². The van der Waals surface area contributed by atoms with Crippen molar-refractivity contribution in [2.45, 2.75) is 39.3 Å². The van der Waals surface area contributed by atoms with Crippen molar-refractivity contribution in [2.24, 2.45) is 0 Å². The number of rotatable bonds is 4. The molecule has 21 heavy (non-hydrogen) atoms. The lowest BCUT2D eigenvalue weighted by molar-refractivity contribution is -0.122. The average Bonchev–Trinajstić information content (AvgIpc) is 2.86. The fraction of sp³-hybridized carbons (Fsp3) is 0.429. The zero-order valence-electron chi connectivity index (χ0n) is 12.3. The van der Waals surface area contributed by atoms with Crippen LogP contribution >= 0.6 is 0 Å². The molecular formula is C14H18FN5O. The van der Waals surface area contributed by atoms with Crippen LogP contribution in [-0.4, -0.2) is 26.1 Å². The summed E-state index contributed by atoms with van der Waals surface area (Å²) in [6.07, 6.45) is 0. The molecule has 1 aromatic carbocycles. The lowest BCUT2D eigenvalue weighted by atomic mass is 9.96. The first-order valence-electron chi connectivity index (χ1n) is 6.64. The van der Waals surface area contributed by atoms with E-state index in [-0.39, 0.29) is 23.7 Å². The standard InChI is InChI=1S/C14H18FN5O/c1-14(2,3)13-17-18-19-20(13)9-12(21)16-8-10-4-6-11(15)7-5-10/h4-7H,8-9H2,1-3H3,(H,16,21). The van der Waals surface area contributed by atoms with Crippen molar-refractivity contribution in [3.63, 3.8) is 0 Å². The molecule has 2 rings (SSSR count). The first-order chi connectivity index (χ1) is 9.86. The van der Waals surface area contributed by atoms with E-state index in [4.69, 9.17) is 0 Å². The number of hydrogen-bond donors (Lipinski definition) is 1. The number of nitrogens with zero attached hydrogens (tertiary/aromatic N) is 4. The van der Waals surface area contributed by atoms with Gasteiger partial charge in [0.15, 0.2) is 5.82 Å². The Balaban J connectivity index is 1.93. The molecule has 0 saturated heterocycles. The summed E-state index contributed by atoms with van der Waals surface area (Å²) in [5.74, 6) is 0.158. The van der Waals surface area contributed by atoms with Crippen molar-refractivity contribution in [1.29, 1.82) is 0 Å². The van der Waals surface area contributed by atoms with E-state index in [0.29, 0.717) is 12.4 Å². The molecule has 7 heteroatoms. The largest absolute Gasteiger partial charge is 0.350 e. The first-order valence-corrected chi connectivity index (χ1v) is 6.64. The molecule has 0 unspecified atom stereocenters. The number of carbonyl (C=O) groups excluding carboxylic acids is 1. The Morgan fingerprint density at radius 1 is 1.29 bits per heavy atom. The van der Waals surface area contributed by atoms with E-state index in [0.717, 1.165) is 5.56 Å². The minimum atomic E-state index is -0.298. The molecule has 0 aliphatic rings. The van der Waals surface area contributed by atoms with Gasteiger partial charge in [-0.05, 0) is 28.1 Å². The Labute approximate surface area is 122 Å². The Morgan fingerprint density at radius 3 is 2.57 bits per heavy atom. The highest BCUT2D eigenvalue weighted by atomic mass is 19.1. The van der Waals surface area contributed by atoms with Gasteiger partial charge in [-0.1, -0.05) is 32.9 Å². The molecule has 0 fully saturated rings. The quantitative estimate of drug-likeness (QED) is 0.925. The van der Waals surface area contributed by atoms with Crippen molar-refractivity contribution in [3.8, 4) is 0 Å². The molecule has 0 bridgehead atoms. The van der Waals surface area contributed by atoms with Crippen molar-refractivity contribution in [2.75, 3.05) is 0 Å². The first kappa shape index (κ1) is 15.1. The maximum atomic E-state index is 12.8. The molecule has 0 radical (unpaired) electrons. The number of tetrazole rings is 1. The Morgan fingerprint density at radius 2 is 1.95 bits per heavy atom. The summed E-state index contributed by atoms with van der Waals surface area (Å²) >= 11 is 0. The zero-order chi connectivity index (χ0) is 15.5. The second-order valence-electron chi connectivity index (χ2n) is 5.81. The molecule has 0 aliphatic heterocycles. The van der Waals surface area contributed by atoms with Crippen LogP contribution in [0.25, 0.3) is 0 Å². The summed E-state index contributed by atoms with van der Waals surface area (Å²) in [6.45, 7) is 6.33. The molecule has 1 aromatic heterocycles. The summed E-state index contributed by atoms with van der Waals surface area (Å²) in [7, 11) is 0. The normalized spacial score (nSPS) is 11.4. The predicted octanol–water partition coefficient (Wildman–Crippen LogP) is 1.43. The Hall–Kier alpha value is -2.31. The van der Waals surface area contributed by atoms with Gasteiger partial charge in [-0.2, -0.15) is 0 Å². The predicted molar refractivity (Wildman–Crippen MR) is 74.8 cm³/mol. The van der Waals surface area contributed by atoms with Gasteiger partial charge in [0.05, 0.1) is 0 Å². The Kier molecular flexibility index (Phi) is 4.30. The Bertz CT molecular complexity index is 615. The number of hydrogen-bond acceptors (Lipinski definition) is 4. The van der Waals surface area contributed by atoms with Gasteiger partial charge >= 0.3 is 0 Å². The van der Waals surface area contributed by atoms with E-state index in [1.54, 1.807) is 12.1 Å². The highest BCUT2D eigenvalue weighted by molar-refractivity contribution is 5.75. The van der Waals surface area contributed by atoms with E-state index in [2.05, 4.69) is 20.8 Å². The third-order valence-electron chi connectivity index (χ3n) is 2.90. The van der Waals surface area contributed by atoms with Gasteiger partial charge in [0.25, 0.3) is 0 Å². The minimum Gasteiger partial charge on any atom is -0.350 e. The second kappa shape index (κ2) is 5.99. The van der Waals surface area contributed by atoms with E-state index < -0.39 is 0 Å². The third-order valence-corrected chi connectivity index (χ3v) is 2.90. The third kappa shape index (κ3) is 4.08. The molecule has 0 saturated carbocycles. The lowest BCUT2D eigenvalue weighted by Crippen LogP contribution is -2.30. The number of benzene rings is 1. The van der Waals surface area contributed by atoms with Crippen LogP contribution in [0.15, 0.2) is 24.3 Å². The van der Waals surface area contributed by atoms with Gasteiger partial charge in [-0.15, -0.1) is 5.10 Å². The van der Waals surface area contributed by atoms with Crippen molar-refractivity contribution >= 4 is 5.91 Å². The molecule has 2 aromatic rings. The molecular weight excluding hydrogens is 273 g/mol. The molecule has 6 nitrogen and oxygen atoms in total. The molecule has 1 amide bonds. The summed E-state index contributed by atoms with van der Waals surface area (Å²) in [5, 5.41) is 14.2. The van der Waals surface area contributed by atoms with Gasteiger partial charge < -0.3 is 5.32 Å². The number of nitrogens with one attached hydrogen (secondary N) is 1. The SMILES string of the molecule is CC(C)(C)c1nnnn1CC(=O)NCc1ccc(F)cc1. The summed E-state index contributed by atoms with van der Waals surface area (Å²) in [6, 6.07) is 5.99. The highest BCUT2D eigenvalue weighted by Crippen LogP contribution is 2.18. The highest BCUT2D eigenvalue weighted by Gasteiger charge is 2.22. The van der Waals surface area contributed by atoms with Gasteiger partial charge in [-0.3, -0.25) is 4.79 Å². The molecule has 0 atom stereocenters. The maximum Gasteiger partial charge on any atom is 0.242 e. The molecule has 0 spiro atoms. The van der Waals surface area contributed by atoms with E-state index in [1.807, 2.05) is 20.8 Å². The van der Waals surface area contributed by atoms with E-state index in [9.17, 15) is 9.18 Å². The maximum absolute atomic E-state index is 12.8. The van der Waals surface area contributed by atoms with Crippen LogP contribution in [0.2, 0.25) is 0 Å². The second-order valence-corrected chi connectivity index (χ2v) is 5.81.